The lowest BCUT2D eigenvalue weighted by Crippen LogP contribution is -2.13. The fourth-order valence-corrected chi connectivity index (χ4v) is 1.18. The first-order valence-corrected chi connectivity index (χ1v) is 4.93. The quantitative estimate of drug-likeness (QED) is 0.509. The third kappa shape index (κ3) is 6.62. The minimum atomic E-state index is -0.224. The number of hydrogen-bond donors (Lipinski definition) is 3. The van der Waals surface area contributed by atoms with Crippen LogP contribution in [-0.4, -0.2) is 29.9 Å². The fourth-order valence-electron chi connectivity index (χ4n) is 0.302. The molecule has 0 rings (SSSR count). The van der Waals surface area contributed by atoms with Gasteiger partial charge in [-0.1, -0.05) is 12.8 Å². The Morgan fingerprint density at radius 3 is 2.38 bits per heavy atom. The molecular weight excluding hydrogens is 140 g/mol. The van der Waals surface area contributed by atoms with Gasteiger partial charge in [0, 0.05) is 6.54 Å². The lowest BCUT2D eigenvalue weighted by Gasteiger charge is -2.12. The molecule has 4 heteroatoms. The summed E-state index contributed by atoms with van der Waals surface area (Å²) in [6, 6.07) is 0. The Morgan fingerprint density at radius 2 is 2.25 bits per heavy atom. The number of hydrogen-bond acceptors (Lipinski definition) is 3. The molecule has 0 spiro atoms. The highest BCUT2D eigenvalue weighted by Crippen LogP contribution is 2.06. The second-order valence-corrected chi connectivity index (χ2v) is 4.51. The number of nitrogens with zero attached hydrogens (tertiary/aromatic N) is 1. The predicted octanol–water partition coefficient (Wildman–Crippen LogP) is 0.268. The molecule has 0 radical (unpaired) electrons. The van der Waals surface area contributed by atoms with Crippen LogP contribution >= 0.6 is 23.9 Å². The van der Waals surface area contributed by atoms with E-state index in [9.17, 15) is 0 Å². The van der Waals surface area contributed by atoms with Crippen molar-refractivity contribution in [3.63, 3.8) is 0 Å². The Bertz CT molecular complexity index is 48.0. The zero-order valence-corrected chi connectivity index (χ0v) is 7.12. The van der Waals surface area contributed by atoms with Crippen LogP contribution in [0.2, 0.25) is 0 Å². The van der Waals surface area contributed by atoms with Crippen LogP contribution in [0.1, 0.15) is 0 Å². The van der Waals surface area contributed by atoms with Crippen molar-refractivity contribution < 1.29 is 0 Å². The van der Waals surface area contributed by atoms with E-state index in [0.717, 1.165) is 12.3 Å². The molecule has 8 heavy (non-hydrogen) atoms. The zero-order chi connectivity index (χ0) is 6.57. The van der Waals surface area contributed by atoms with Crippen LogP contribution in [0.3, 0.4) is 0 Å². The van der Waals surface area contributed by atoms with Gasteiger partial charge in [0.05, 0.1) is 0 Å². The SMILES string of the molecule is CN(S)CC[SH](C)N. The maximum atomic E-state index is 5.54. The van der Waals surface area contributed by atoms with Crippen molar-refractivity contribution in [1.29, 1.82) is 0 Å². The molecule has 0 aliphatic heterocycles. The van der Waals surface area contributed by atoms with E-state index in [4.69, 9.17) is 5.14 Å². The highest BCUT2D eigenvalue weighted by molar-refractivity contribution is 8.14. The minimum Gasteiger partial charge on any atom is -0.297 e. The van der Waals surface area contributed by atoms with Crippen molar-refractivity contribution in [3.8, 4) is 0 Å². The molecule has 2 nitrogen and oxygen atoms in total. The van der Waals surface area contributed by atoms with Gasteiger partial charge in [0.15, 0.2) is 0 Å². The van der Waals surface area contributed by atoms with Gasteiger partial charge in [0.1, 0.15) is 0 Å². The maximum absolute atomic E-state index is 5.54. The van der Waals surface area contributed by atoms with Crippen molar-refractivity contribution >= 4 is 23.9 Å². The van der Waals surface area contributed by atoms with Crippen molar-refractivity contribution in [2.75, 3.05) is 25.6 Å². The van der Waals surface area contributed by atoms with Crippen LogP contribution in [0.5, 0.6) is 0 Å². The summed E-state index contributed by atoms with van der Waals surface area (Å²) in [6.07, 6.45) is 2.06. The molecule has 52 valence electrons. The van der Waals surface area contributed by atoms with Gasteiger partial charge in [0.2, 0.25) is 0 Å². The van der Waals surface area contributed by atoms with Crippen molar-refractivity contribution in [2.45, 2.75) is 0 Å². The molecule has 0 aromatic heterocycles. The molecule has 0 amide bonds. The maximum Gasteiger partial charge on any atom is 0.0169 e. The van der Waals surface area contributed by atoms with Gasteiger partial charge in [-0.25, -0.2) is 11.1 Å². The summed E-state index contributed by atoms with van der Waals surface area (Å²) in [5.74, 6) is 1.08. The average Bonchev–Trinajstić information content (AvgIpc) is 1.61. The molecule has 0 saturated heterocycles. The molecular formula is C4H14N2S2. The Kier molecular flexibility index (Phi) is 4.84. The van der Waals surface area contributed by atoms with Gasteiger partial charge >= 0.3 is 0 Å². The van der Waals surface area contributed by atoms with Gasteiger partial charge in [-0.15, -0.1) is 0 Å². The molecule has 2 N–H and O–H groups in total. The van der Waals surface area contributed by atoms with Crippen LogP contribution in [0.25, 0.3) is 0 Å². The molecule has 0 saturated carbocycles. The Hall–Kier alpha value is 0.620. The summed E-state index contributed by atoms with van der Waals surface area (Å²) in [6.45, 7) is 0.988. The van der Waals surface area contributed by atoms with Gasteiger partial charge in [0.25, 0.3) is 0 Å². The molecule has 0 bridgehead atoms. The van der Waals surface area contributed by atoms with Crippen molar-refractivity contribution in [1.82, 2.24) is 4.31 Å². The van der Waals surface area contributed by atoms with E-state index in [1.165, 1.54) is 0 Å². The first-order chi connectivity index (χ1) is 3.63. The normalized spacial score (nSPS) is 16.9. The standard InChI is InChI=1S/C4H14N2S2/c1-6(7)3-4-8(2)5/h7-8H,3-5H2,1-2H3. The van der Waals surface area contributed by atoms with E-state index in [2.05, 4.69) is 19.1 Å². The van der Waals surface area contributed by atoms with Gasteiger partial charge in [-0.05, 0) is 19.1 Å². The van der Waals surface area contributed by atoms with Crippen LogP contribution in [0, 0.1) is 0 Å². The molecule has 1 atom stereocenters. The molecule has 0 aromatic rings. The third-order valence-electron chi connectivity index (χ3n) is 0.776. The first-order valence-electron chi connectivity index (χ1n) is 2.49. The zero-order valence-electron chi connectivity index (χ0n) is 5.33. The lowest BCUT2D eigenvalue weighted by atomic mass is 10.8. The Balaban J connectivity index is 2.93. The predicted molar refractivity (Wildman–Crippen MR) is 45.6 cm³/mol. The fraction of sp³-hybridized carbons (Fsp3) is 1.00. The molecule has 0 aliphatic carbocycles. The van der Waals surface area contributed by atoms with Gasteiger partial charge in [-0.2, -0.15) is 0 Å². The van der Waals surface area contributed by atoms with E-state index in [1.54, 1.807) is 0 Å². The van der Waals surface area contributed by atoms with Gasteiger partial charge in [-0.3, -0.25) is 9.44 Å². The topological polar surface area (TPSA) is 29.3 Å². The summed E-state index contributed by atoms with van der Waals surface area (Å²) < 4.78 is 1.85. The third-order valence-corrected chi connectivity index (χ3v) is 1.88. The Morgan fingerprint density at radius 1 is 1.75 bits per heavy atom. The molecule has 0 aliphatic rings. The van der Waals surface area contributed by atoms with E-state index < -0.39 is 0 Å². The smallest absolute Gasteiger partial charge is 0.0169 e. The van der Waals surface area contributed by atoms with E-state index in [-0.39, 0.29) is 11.1 Å². The highest BCUT2D eigenvalue weighted by Gasteiger charge is 1.90. The Labute approximate surface area is 59.5 Å². The van der Waals surface area contributed by atoms with Crippen molar-refractivity contribution in [3.05, 3.63) is 0 Å². The van der Waals surface area contributed by atoms with E-state index in [1.807, 2.05) is 11.4 Å². The van der Waals surface area contributed by atoms with Gasteiger partial charge < -0.3 is 0 Å². The van der Waals surface area contributed by atoms with Crippen LogP contribution in [0.4, 0.5) is 0 Å². The molecule has 0 heterocycles. The molecule has 1 unspecified atom stereocenters. The summed E-state index contributed by atoms with van der Waals surface area (Å²) in [5, 5.41) is 5.54. The second-order valence-electron chi connectivity index (χ2n) is 1.86. The molecule has 0 aromatic carbocycles. The first kappa shape index (κ1) is 8.62. The van der Waals surface area contributed by atoms with E-state index >= 15 is 0 Å². The lowest BCUT2D eigenvalue weighted by molar-refractivity contribution is 0.615. The average molecular weight is 154 g/mol. The minimum absolute atomic E-state index is 0.224. The summed E-state index contributed by atoms with van der Waals surface area (Å²) in [7, 11) is 1.93. The largest absolute Gasteiger partial charge is 0.297 e. The number of rotatable bonds is 3. The second kappa shape index (κ2) is 4.49. The van der Waals surface area contributed by atoms with E-state index in [0.29, 0.717) is 0 Å². The highest BCUT2D eigenvalue weighted by atomic mass is 32.2. The summed E-state index contributed by atoms with van der Waals surface area (Å²) >= 11 is 3.84. The van der Waals surface area contributed by atoms with Crippen LogP contribution < -0.4 is 5.14 Å². The molecule has 0 fully saturated rings. The monoisotopic (exact) mass is 154 g/mol. The van der Waals surface area contributed by atoms with Crippen molar-refractivity contribution in [2.24, 2.45) is 5.14 Å². The number of nitrogens with two attached hydrogens (primary N) is 1. The number of thiol groups is 2. The van der Waals surface area contributed by atoms with Crippen LogP contribution in [-0.2, 0) is 0 Å². The summed E-state index contributed by atoms with van der Waals surface area (Å²) in [5.41, 5.74) is 0. The van der Waals surface area contributed by atoms with Crippen LogP contribution in [0.15, 0.2) is 0 Å². The summed E-state index contributed by atoms with van der Waals surface area (Å²) in [4.78, 5) is 0.